The zero-order chi connectivity index (χ0) is 13.0. The summed E-state index contributed by atoms with van der Waals surface area (Å²) in [6.07, 6.45) is 2.99. The van der Waals surface area contributed by atoms with Gasteiger partial charge < -0.3 is 16.2 Å². The summed E-state index contributed by atoms with van der Waals surface area (Å²) in [5, 5.41) is 12.0. The summed E-state index contributed by atoms with van der Waals surface area (Å²) in [6, 6.07) is 6.17. The summed E-state index contributed by atoms with van der Waals surface area (Å²) < 4.78 is 0. The highest BCUT2D eigenvalue weighted by molar-refractivity contribution is 6.04. The number of hydrogen-bond acceptors (Lipinski definition) is 5. The van der Waals surface area contributed by atoms with Crippen molar-refractivity contribution < 1.29 is 9.90 Å². The van der Waals surface area contributed by atoms with Crippen LogP contribution < -0.4 is 11.1 Å². The van der Waals surface area contributed by atoms with E-state index in [0.717, 1.165) is 0 Å². The lowest BCUT2D eigenvalue weighted by atomic mass is 10.2. The highest BCUT2D eigenvalue weighted by Crippen LogP contribution is 2.19. The number of pyridine rings is 2. The van der Waals surface area contributed by atoms with Crippen LogP contribution in [0.25, 0.3) is 0 Å². The van der Waals surface area contributed by atoms with Gasteiger partial charge in [-0.05, 0) is 24.3 Å². The van der Waals surface area contributed by atoms with Crippen LogP contribution >= 0.6 is 0 Å². The number of amides is 1. The Morgan fingerprint density at radius 3 is 2.89 bits per heavy atom. The van der Waals surface area contributed by atoms with Crippen LogP contribution in [0.1, 0.15) is 16.1 Å². The van der Waals surface area contributed by atoms with E-state index in [1.807, 2.05) is 0 Å². The van der Waals surface area contributed by atoms with Gasteiger partial charge in [-0.1, -0.05) is 0 Å². The highest BCUT2D eigenvalue weighted by Gasteiger charge is 2.10. The zero-order valence-corrected chi connectivity index (χ0v) is 9.50. The quantitative estimate of drug-likeness (QED) is 0.744. The molecule has 6 nitrogen and oxygen atoms in total. The summed E-state index contributed by atoms with van der Waals surface area (Å²) in [6.45, 7) is 0.260. The Morgan fingerprint density at radius 1 is 1.33 bits per heavy atom. The summed E-state index contributed by atoms with van der Waals surface area (Å²) in [5.74, 6) is -0.339. The van der Waals surface area contributed by atoms with Crippen LogP contribution in [0.5, 0.6) is 5.75 Å². The van der Waals surface area contributed by atoms with Crippen LogP contribution in [0.4, 0.5) is 5.82 Å². The number of carbonyl (C=O) groups excluding carboxylic acids is 1. The normalized spacial score (nSPS) is 10.1. The minimum atomic E-state index is -0.374. The second-order valence-electron chi connectivity index (χ2n) is 3.57. The average Bonchev–Trinajstić information content (AvgIpc) is 2.41. The van der Waals surface area contributed by atoms with Crippen LogP contribution in [-0.4, -0.2) is 21.0 Å². The molecule has 0 aromatic carbocycles. The minimum Gasteiger partial charge on any atom is -0.504 e. The van der Waals surface area contributed by atoms with Gasteiger partial charge in [0.05, 0.1) is 5.69 Å². The molecule has 0 saturated carbocycles. The highest BCUT2D eigenvalue weighted by atomic mass is 16.3. The first kappa shape index (κ1) is 12.0. The van der Waals surface area contributed by atoms with Crippen molar-refractivity contribution in [2.45, 2.75) is 6.54 Å². The first-order valence-corrected chi connectivity index (χ1v) is 5.31. The Kier molecular flexibility index (Phi) is 3.49. The maximum Gasteiger partial charge on any atom is 0.257 e. The summed E-state index contributed by atoms with van der Waals surface area (Å²) >= 11 is 0. The van der Waals surface area contributed by atoms with Gasteiger partial charge >= 0.3 is 0 Å². The molecular weight excluding hydrogens is 232 g/mol. The molecule has 0 aliphatic carbocycles. The van der Waals surface area contributed by atoms with Gasteiger partial charge in [-0.15, -0.1) is 0 Å². The first-order chi connectivity index (χ1) is 8.70. The lowest BCUT2D eigenvalue weighted by molar-refractivity contribution is 0.102. The van der Waals surface area contributed by atoms with E-state index in [-0.39, 0.29) is 24.0 Å². The molecule has 2 rings (SSSR count). The van der Waals surface area contributed by atoms with E-state index in [1.54, 1.807) is 18.2 Å². The third-order valence-corrected chi connectivity index (χ3v) is 2.31. The van der Waals surface area contributed by atoms with E-state index in [4.69, 9.17) is 5.73 Å². The number of aromatic hydroxyl groups is 1. The van der Waals surface area contributed by atoms with E-state index in [9.17, 15) is 9.90 Å². The Hall–Kier alpha value is -2.47. The smallest absolute Gasteiger partial charge is 0.257 e. The predicted octanol–water partition coefficient (Wildman–Crippen LogP) is 0.893. The standard InChI is InChI=1S/C12H12N4O2/c13-7-9-6-8(3-5-14-9)12(18)16-11-10(17)2-1-4-15-11/h1-6,17H,7,13H2,(H,15,16,18). The van der Waals surface area contributed by atoms with Gasteiger partial charge in [0, 0.05) is 24.5 Å². The number of carbonyl (C=O) groups is 1. The number of rotatable bonds is 3. The van der Waals surface area contributed by atoms with Gasteiger partial charge in [-0.3, -0.25) is 9.78 Å². The van der Waals surface area contributed by atoms with E-state index in [0.29, 0.717) is 11.3 Å². The van der Waals surface area contributed by atoms with Gasteiger partial charge in [0.25, 0.3) is 5.91 Å². The first-order valence-electron chi connectivity index (χ1n) is 5.31. The lowest BCUT2D eigenvalue weighted by Crippen LogP contribution is -2.14. The summed E-state index contributed by atoms with van der Waals surface area (Å²) in [7, 11) is 0. The third kappa shape index (κ3) is 2.61. The fourth-order valence-electron chi connectivity index (χ4n) is 1.40. The molecule has 2 aromatic rings. The third-order valence-electron chi connectivity index (χ3n) is 2.31. The molecule has 0 spiro atoms. The van der Waals surface area contributed by atoms with Gasteiger partial charge in [0.1, 0.15) is 0 Å². The van der Waals surface area contributed by atoms with Crippen molar-refractivity contribution in [3.63, 3.8) is 0 Å². The summed E-state index contributed by atoms with van der Waals surface area (Å²) in [4.78, 5) is 19.8. The monoisotopic (exact) mass is 244 g/mol. The van der Waals surface area contributed by atoms with Gasteiger partial charge in [-0.2, -0.15) is 0 Å². The van der Waals surface area contributed by atoms with Crippen LogP contribution in [0, 0.1) is 0 Å². The molecule has 0 atom stereocenters. The molecule has 0 bridgehead atoms. The number of anilines is 1. The molecule has 0 saturated heterocycles. The number of nitrogens with two attached hydrogens (primary N) is 1. The predicted molar refractivity (Wildman–Crippen MR) is 66.0 cm³/mol. The molecule has 6 heteroatoms. The Balaban J connectivity index is 2.19. The molecule has 0 fully saturated rings. The number of hydrogen-bond donors (Lipinski definition) is 3. The molecule has 0 aliphatic heterocycles. The molecule has 1 amide bonds. The second kappa shape index (κ2) is 5.24. The Labute approximate surface area is 104 Å². The fourth-order valence-corrected chi connectivity index (χ4v) is 1.40. The van der Waals surface area contributed by atoms with E-state index in [2.05, 4.69) is 15.3 Å². The number of aromatic nitrogens is 2. The van der Waals surface area contributed by atoms with Crippen LogP contribution in [0.3, 0.4) is 0 Å². The Morgan fingerprint density at radius 2 is 2.17 bits per heavy atom. The van der Waals surface area contributed by atoms with Crippen LogP contribution in [-0.2, 0) is 6.54 Å². The largest absolute Gasteiger partial charge is 0.504 e. The van der Waals surface area contributed by atoms with E-state index < -0.39 is 0 Å². The van der Waals surface area contributed by atoms with Crippen molar-refractivity contribution >= 4 is 11.7 Å². The number of nitrogens with one attached hydrogen (secondary N) is 1. The van der Waals surface area contributed by atoms with Gasteiger partial charge in [0.2, 0.25) is 0 Å². The van der Waals surface area contributed by atoms with Crippen LogP contribution in [0.2, 0.25) is 0 Å². The molecule has 0 radical (unpaired) electrons. The molecule has 0 aliphatic rings. The van der Waals surface area contributed by atoms with E-state index >= 15 is 0 Å². The van der Waals surface area contributed by atoms with Crippen LogP contribution in [0.15, 0.2) is 36.7 Å². The van der Waals surface area contributed by atoms with E-state index in [1.165, 1.54) is 18.5 Å². The average molecular weight is 244 g/mol. The Bertz CT molecular complexity index is 572. The van der Waals surface area contributed by atoms with Crippen molar-refractivity contribution in [3.8, 4) is 5.75 Å². The molecule has 18 heavy (non-hydrogen) atoms. The zero-order valence-electron chi connectivity index (χ0n) is 9.50. The molecule has 92 valence electrons. The molecule has 4 N–H and O–H groups in total. The van der Waals surface area contributed by atoms with Crippen molar-refractivity contribution in [1.29, 1.82) is 0 Å². The molecule has 2 aromatic heterocycles. The lowest BCUT2D eigenvalue weighted by Gasteiger charge is -2.06. The second-order valence-corrected chi connectivity index (χ2v) is 3.57. The summed E-state index contributed by atoms with van der Waals surface area (Å²) in [5.41, 5.74) is 6.48. The van der Waals surface area contributed by atoms with Crippen molar-refractivity contribution in [3.05, 3.63) is 47.9 Å². The van der Waals surface area contributed by atoms with Crippen molar-refractivity contribution in [2.75, 3.05) is 5.32 Å². The maximum atomic E-state index is 11.9. The molecule has 0 unspecified atom stereocenters. The SMILES string of the molecule is NCc1cc(C(=O)Nc2ncccc2O)ccn1. The topological polar surface area (TPSA) is 101 Å². The van der Waals surface area contributed by atoms with Gasteiger partial charge in [-0.25, -0.2) is 4.98 Å². The van der Waals surface area contributed by atoms with Gasteiger partial charge in [0.15, 0.2) is 11.6 Å². The number of nitrogens with zero attached hydrogens (tertiary/aromatic N) is 2. The molecule has 2 heterocycles. The minimum absolute atomic E-state index is 0.0843. The fraction of sp³-hybridized carbons (Fsp3) is 0.0833. The maximum absolute atomic E-state index is 11.9. The van der Waals surface area contributed by atoms with Crippen molar-refractivity contribution in [2.24, 2.45) is 5.73 Å². The van der Waals surface area contributed by atoms with Crippen molar-refractivity contribution in [1.82, 2.24) is 9.97 Å². The molecular formula is C12H12N4O2.